The Balaban J connectivity index is 2.08. The van der Waals surface area contributed by atoms with Gasteiger partial charge in [0.25, 0.3) is 0 Å². The van der Waals surface area contributed by atoms with Crippen molar-refractivity contribution in [2.75, 3.05) is 14.2 Å². The lowest BCUT2D eigenvalue weighted by Gasteiger charge is -2.45. The number of hydrogen-bond donors (Lipinski definition) is 0. The summed E-state index contributed by atoms with van der Waals surface area (Å²) < 4.78 is 27.2. The topological polar surface area (TPSA) is 110 Å². The van der Waals surface area contributed by atoms with Gasteiger partial charge in [-0.15, -0.1) is 0 Å². The molecule has 3 rings (SSSR count). The molecule has 2 aliphatic rings. The summed E-state index contributed by atoms with van der Waals surface area (Å²) in [5.41, 5.74) is 1.71. The molecule has 0 bridgehead atoms. The van der Waals surface area contributed by atoms with Crippen LogP contribution in [0.15, 0.2) is 17.1 Å². The molecular formula is C21H25NO8. The average Bonchev–Trinajstić information content (AvgIpc) is 2.68. The average molecular weight is 419 g/mol. The van der Waals surface area contributed by atoms with Crippen LogP contribution in [0.2, 0.25) is 0 Å². The van der Waals surface area contributed by atoms with Crippen molar-refractivity contribution in [3.8, 4) is 11.5 Å². The van der Waals surface area contributed by atoms with Gasteiger partial charge in [0.05, 0.1) is 20.3 Å². The van der Waals surface area contributed by atoms with Crippen molar-refractivity contribution in [2.45, 2.75) is 57.5 Å². The van der Waals surface area contributed by atoms with Crippen LogP contribution in [0.25, 0.3) is 0 Å². The summed E-state index contributed by atoms with van der Waals surface area (Å²) >= 11 is 0. The maximum absolute atomic E-state index is 11.8. The lowest BCUT2D eigenvalue weighted by Crippen LogP contribution is -2.57. The molecule has 0 spiro atoms. The van der Waals surface area contributed by atoms with Gasteiger partial charge in [-0.3, -0.25) is 19.4 Å². The van der Waals surface area contributed by atoms with Crippen molar-refractivity contribution in [1.82, 2.24) is 0 Å². The van der Waals surface area contributed by atoms with Gasteiger partial charge in [-0.1, -0.05) is 0 Å². The fourth-order valence-electron chi connectivity index (χ4n) is 4.16. The Morgan fingerprint density at radius 1 is 0.867 bits per heavy atom. The molecule has 5 atom stereocenters. The van der Waals surface area contributed by atoms with E-state index in [1.165, 1.54) is 20.8 Å². The minimum Gasteiger partial charge on any atom is -0.493 e. The highest BCUT2D eigenvalue weighted by atomic mass is 16.6. The lowest BCUT2D eigenvalue weighted by atomic mass is 9.73. The van der Waals surface area contributed by atoms with Gasteiger partial charge in [0.15, 0.2) is 23.7 Å². The molecule has 9 heteroatoms. The van der Waals surface area contributed by atoms with Crippen LogP contribution in [0.3, 0.4) is 0 Å². The van der Waals surface area contributed by atoms with Crippen LogP contribution in [0.4, 0.5) is 0 Å². The van der Waals surface area contributed by atoms with Gasteiger partial charge in [-0.05, 0) is 29.7 Å². The normalized spacial score (nSPS) is 26.6. The van der Waals surface area contributed by atoms with Crippen molar-refractivity contribution in [1.29, 1.82) is 0 Å². The minimum atomic E-state index is -0.963. The maximum atomic E-state index is 11.8. The van der Waals surface area contributed by atoms with Crippen LogP contribution < -0.4 is 9.47 Å². The second-order valence-electron chi connectivity index (χ2n) is 7.24. The van der Waals surface area contributed by atoms with Gasteiger partial charge >= 0.3 is 17.9 Å². The highest BCUT2D eigenvalue weighted by Crippen LogP contribution is 2.45. The van der Waals surface area contributed by atoms with E-state index in [0.717, 1.165) is 11.1 Å². The number of rotatable bonds is 5. The summed E-state index contributed by atoms with van der Waals surface area (Å²) in [7, 11) is 3.09. The summed E-state index contributed by atoms with van der Waals surface area (Å²) in [5, 5.41) is 0. The molecule has 30 heavy (non-hydrogen) atoms. The molecule has 0 saturated heterocycles. The molecule has 0 aromatic heterocycles. The number of nitrogens with zero attached hydrogens (tertiary/aromatic N) is 1. The Labute approximate surface area is 174 Å². The first-order valence-electron chi connectivity index (χ1n) is 9.55. The number of aliphatic imine (C=N–C) groups is 1. The molecule has 9 nitrogen and oxygen atoms in total. The maximum Gasteiger partial charge on any atom is 0.303 e. The number of benzene rings is 1. The quantitative estimate of drug-likeness (QED) is 0.525. The number of ether oxygens (including phenoxy) is 5. The third-order valence-electron chi connectivity index (χ3n) is 5.22. The van der Waals surface area contributed by atoms with Crippen molar-refractivity contribution < 1.29 is 38.1 Å². The van der Waals surface area contributed by atoms with E-state index in [4.69, 9.17) is 23.7 Å². The Kier molecular flexibility index (Phi) is 6.28. The van der Waals surface area contributed by atoms with Crippen molar-refractivity contribution in [3.05, 3.63) is 23.3 Å². The molecule has 1 aliphatic carbocycles. The standard InChI is InChI=1S/C21H25NO8/c1-10(23)28-18-8-15-14-7-17(27-5)16(26-4)6-13(14)9-22-19(15)21(30-12(3)25)20(18)29-11(2)24/h6-7,9,15,18-21H,8H2,1-5H3. The molecule has 1 saturated carbocycles. The monoisotopic (exact) mass is 419 g/mol. The van der Waals surface area contributed by atoms with Crippen LogP contribution in [-0.4, -0.2) is 62.7 Å². The smallest absolute Gasteiger partial charge is 0.303 e. The van der Waals surface area contributed by atoms with E-state index in [-0.39, 0.29) is 5.92 Å². The van der Waals surface area contributed by atoms with Crippen LogP contribution in [0, 0.1) is 0 Å². The van der Waals surface area contributed by atoms with Gasteiger partial charge in [-0.2, -0.15) is 0 Å². The summed E-state index contributed by atoms with van der Waals surface area (Å²) in [6.45, 7) is 3.79. The van der Waals surface area contributed by atoms with Gasteiger partial charge in [-0.25, -0.2) is 0 Å². The predicted octanol–water partition coefficient (Wildman–Crippen LogP) is 1.79. The summed E-state index contributed by atoms with van der Waals surface area (Å²) in [4.78, 5) is 39.9. The Morgan fingerprint density at radius 2 is 1.43 bits per heavy atom. The van der Waals surface area contributed by atoms with Gasteiger partial charge < -0.3 is 23.7 Å². The Morgan fingerprint density at radius 3 is 2.00 bits per heavy atom. The second kappa shape index (κ2) is 8.73. The SMILES string of the molecule is COc1cc2c(cc1OC)C1CC(OC(C)=O)C(OC(C)=O)C(OC(C)=O)C1N=C2. The van der Waals surface area contributed by atoms with Gasteiger partial charge in [0.2, 0.25) is 0 Å². The van der Waals surface area contributed by atoms with E-state index in [2.05, 4.69) is 4.99 Å². The fourth-order valence-corrected chi connectivity index (χ4v) is 4.16. The molecule has 1 aliphatic heterocycles. The lowest BCUT2D eigenvalue weighted by molar-refractivity contribution is -0.192. The molecular weight excluding hydrogens is 394 g/mol. The Hall–Kier alpha value is -3.10. The highest BCUT2D eigenvalue weighted by Gasteiger charge is 2.52. The number of carbonyl (C=O) groups excluding carboxylic acids is 3. The van der Waals surface area contributed by atoms with Crippen LogP contribution in [-0.2, 0) is 28.6 Å². The van der Waals surface area contributed by atoms with E-state index in [1.54, 1.807) is 20.4 Å². The molecule has 0 N–H and O–H groups in total. The zero-order valence-electron chi connectivity index (χ0n) is 17.5. The molecule has 5 unspecified atom stereocenters. The van der Waals surface area contributed by atoms with Gasteiger partial charge in [0, 0.05) is 32.9 Å². The largest absolute Gasteiger partial charge is 0.493 e. The second-order valence-corrected chi connectivity index (χ2v) is 7.24. The van der Waals surface area contributed by atoms with E-state index in [1.807, 2.05) is 12.1 Å². The minimum absolute atomic E-state index is 0.259. The van der Waals surface area contributed by atoms with E-state index < -0.39 is 42.3 Å². The van der Waals surface area contributed by atoms with E-state index in [0.29, 0.717) is 17.9 Å². The predicted molar refractivity (Wildman–Crippen MR) is 105 cm³/mol. The van der Waals surface area contributed by atoms with Crippen LogP contribution in [0.5, 0.6) is 11.5 Å². The molecule has 1 heterocycles. The fraction of sp³-hybridized carbons (Fsp3) is 0.524. The number of methoxy groups -OCH3 is 2. The first-order chi connectivity index (χ1) is 14.2. The molecule has 1 aromatic carbocycles. The first kappa shape index (κ1) is 21.6. The number of carbonyl (C=O) groups is 3. The molecule has 0 amide bonds. The number of fused-ring (bicyclic) bond motifs is 3. The zero-order chi connectivity index (χ0) is 22.0. The third kappa shape index (κ3) is 4.24. The summed E-state index contributed by atoms with van der Waals surface area (Å²) in [6, 6.07) is 3.14. The van der Waals surface area contributed by atoms with Gasteiger partial charge in [0.1, 0.15) is 6.10 Å². The Bertz CT molecular complexity index is 880. The molecule has 1 fully saturated rings. The van der Waals surface area contributed by atoms with Crippen molar-refractivity contribution in [2.24, 2.45) is 4.99 Å². The van der Waals surface area contributed by atoms with Crippen molar-refractivity contribution in [3.63, 3.8) is 0 Å². The summed E-state index contributed by atoms with van der Waals surface area (Å²) in [6.07, 6.45) is -0.667. The first-order valence-corrected chi connectivity index (χ1v) is 9.55. The summed E-state index contributed by atoms with van der Waals surface area (Å²) in [5.74, 6) is -0.801. The van der Waals surface area contributed by atoms with E-state index in [9.17, 15) is 14.4 Å². The van der Waals surface area contributed by atoms with Crippen molar-refractivity contribution >= 4 is 24.1 Å². The third-order valence-corrected chi connectivity index (χ3v) is 5.22. The zero-order valence-corrected chi connectivity index (χ0v) is 17.5. The number of hydrogen-bond acceptors (Lipinski definition) is 9. The van der Waals surface area contributed by atoms with Crippen LogP contribution >= 0.6 is 0 Å². The molecule has 1 aromatic rings. The van der Waals surface area contributed by atoms with E-state index >= 15 is 0 Å². The highest BCUT2D eigenvalue weighted by molar-refractivity contribution is 5.85. The number of esters is 3. The van der Waals surface area contributed by atoms with Crippen LogP contribution in [0.1, 0.15) is 44.2 Å². The molecule has 0 radical (unpaired) electrons. The molecule has 162 valence electrons.